The van der Waals surface area contributed by atoms with Gasteiger partial charge in [-0.1, -0.05) is 225 Å². The number of hydrogen-bond donors (Lipinski definition) is 0. The lowest BCUT2D eigenvalue weighted by Crippen LogP contribution is -2.27. The van der Waals surface area contributed by atoms with Crippen molar-refractivity contribution in [2.24, 2.45) is 11.3 Å². The molecule has 0 bridgehead atoms. The lowest BCUT2D eigenvalue weighted by Gasteiger charge is -2.35. The molecule has 1 aromatic carbocycles. The maximum Gasteiger partial charge on any atom is -0.0225 e. The molecule has 0 aliphatic rings. The van der Waals surface area contributed by atoms with Crippen molar-refractivity contribution in [3.05, 3.63) is 35.9 Å². The molecule has 1 atom stereocenters. The van der Waals surface area contributed by atoms with Gasteiger partial charge in [-0.2, -0.15) is 0 Å². The van der Waals surface area contributed by atoms with Crippen LogP contribution in [0.5, 0.6) is 0 Å². The summed E-state index contributed by atoms with van der Waals surface area (Å²) in [4.78, 5) is 0. The van der Waals surface area contributed by atoms with Crippen LogP contribution >= 0.6 is 0 Å². The van der Waals surface area contributed by atoms with E-state index in [0.717, 1.165) is 5.92 Å². The minimum Gasteiger partial charge on any atom is -0.0654 e. The summed E-state index contributed by atoms with van der Waals surface area (Å²) < 4.78 is 0. The Morgan fingerprint density at radius 3 is 1.02 bits per heavy atom. The van der Waals surface area contributed by atoms with Crippen LogP contribution in [0.4, 0.5) is 0 Å². The number of rotatable bonds is 31. The predicted octanol–water partition coefficient (Wildman–Crippen LogP) is 14.8. The van der Waals surface area contributed by atoms with Crippen LogP contribution in [0.1, 0.15) is 213 Å². The fourth-order valence-corrected chi connectivity index (χ4v) is 7.01. The molecule has 0 aliphatic carbocycles. The van der Waals surface area contributed by atoms with Crippen molar-refractivity contribution in [2.45, 2.75) is 214 Å². The minimum absolute atomic E-state index is 0.398. The number of hydrogen-bond acceptors (Lipinski definition) is 0. The molecule has 0 aliphatic heterocycles. The predicted molar refractivity (Wildman–Crippen MR) is 188 cm³/mol. The quantitative estimate of drug-likeness (QED) is 0.0781. The van der Waals surface area contributed by atoms with Gasteiger partial charge in [-0.05, 0) is 36.2 Å². The molecule has 1 unspecified atom stereocenters. The second-order valence-electron chi connectivity index (χ2n) is 14.4. The van der Waals surface area contributed by atoms with E-state index in [2.05, 4.69) is 58.0 Å². The second kappa shape index (κ2) is 28.0. The summed E-state index contributed by atoms with van der Waals surface area (Å²) in [5.41, 5.74) is 1.92. The Morgan fingerprint density at radius 1 is 0.415 bits per heavy atom. The maximum absolute atomic E-state index is 2.56. The van der Waals surface area contributed by atoms with Gasteiger partial charge in [0.25, 0.3) is 0 Å². The van der Waals surface area contributed by atoms with Crippen LogP contribution in [-0.4, -0.2) is 0 Å². The molecule has 0 fully saturated rings. The first kappa shape index (κ1) is 38.2. The van der Waals surface area contributed by atoms with E-state index in [0.29, 0.717) is 5.41 Å². The van der Waals surface area contributed by atoms with E-state index in [-0.39, 0.29) is 0 Å². The monoisotopic (exact) mass is 569 g/mol. The molecule has 41 heavy (non-hydrogen) atoms. The van der Waals surface area contributed by atoms with Gasteiger partial charge in [0, 0.05) is 0 Å². The molecule has 1 aromatic rings. The van der Waals surface area contributed by atoms with Crippen LogP contribution in [0.2, 0.25) is 0 Å². The second-order valence-corrected chi connectivity index (χ2v) is 14.4. The van der Waals surface area contributed by atoms with Crippen molar-refractivity contribution in [2.75, 3.05) is 0 Å². The summed E-state index contributed by atoms with van der Waals surface area (Å²) in [6, 6.07) is 11.3. The number of benzene rings is 1. The Bertz CT molecular complexity index is 629. The van der Waals surface area contributed by atoms with Crippen LogP contribution in [-0.2, 0) is 6.42 Å². The molecular formula is C41H76. The summed E-state index contributed by atoms with van der Waals surface area (Å²) in [6.45, 7) is 9.75. The lowest BCUT2D eigenvalue weighted by atomic mass is 9.70. The molecule has 0 saturated heterocycles. The standard InChI is InChI=1S/C41H76/c1-5-7-9-11-13-15-17-19-20-22-24-26-28-33-37-40(41(3,4)38-39-34-30-29-31-35-39)36-32-27-25-23-21-18-16-14-12-10-8-6-2/h29-31,34-35,40H,5-28,32-33,36-38H2,1-4H3. The van der Waals surface area contributed by atoms with Crippen molar-refractivity contribution < 1.29 is 0 Å². The van der Waals surface area contributed by atoms with Gasteiger partial charge in [-0.15, -0.1) is 0 Å². The van der Waals surface area contributed by atoms with E-state index in [4.69, 9.17) is 0 Å². The summed E-state index contributed by atoms with van der Waals surface area (Å²) in [7, 11) is 0. The maximum atomic E-state index is 2.56. The molecule has 0 saturated carbocycles. The third-order valence-electron chi connectivity index (χ3n) is 9.92. The van der Waals surface area contributed by atoms with Crippen molar-refractivity contribution in [1.82, 2.24) is 0 Å². The topological polar surface area (TPSA) is 0 Å². The zero-order chi connectivity index (χ0) is 29.7. The summed E-state index contributed by atoms with van der Waals surface area (Å²) in [5, 5.41) is 0. The Morgan fingerprint density at radius 2 is 0.707 bits per heavy atom. The Balaban J connectivity index is 2.21. The Hall–Kier alpha value is -0.780. The van der Waals surface area contributed by atoms with Crippen LogP contribution in [0.25, 0.3) is 0 Å². The van der Waals surface area contributed by atoms with Crippen LogP contribution in [0.3, 0.4) is 0 Å². The highest BCUT2D eigenvalue weighted by atomic mass is 14.3. The molecular weight excluding hydrogens is 492 g/mol. The third-order valence-corrected chi connectivity index (χ3v) is 9.92. The highest BCUT2D eigenvalue weighted by Crippen LogP contribution is 2.38. The zero-order valence-electron chi connectivity index (χ0n) is 29.0. The largest absolute Gasteiger partial charge is 0.0654 e. The van der Waals surface area contributed by atoms with Gasteiger partial charge in [-0.3, -0.25) is 0 Å². The first-order valence-electron chi connectivity index (χ1n) is 19.1. The Kier molecular flexibility index (Phi) is 26.1. The first-order valence-corrected chi connectivity index (χ1v) is 19.1. The third kappa shape index (κ3) is 23.4. The fraction of sp³-hybridized carbons (Fsp3) is 0.854. The normalized spacial score (nSPS) is 12.7. The number of unbranched alkanes of at least 4 members (excludes halogenated alkanes) is 24. The van der Waals surface area contributed by atoms with Gasteiger partial charge in [0.1, 0.15) is 0 Å². The van der Waals surface area contributed by atoms with Crippen molar-refractivity contribution >= 4 is 0 Å². The highest BCUT2D eigenvalue weighted by molar-refractivity contribution is 5.16. The van der Waals surface area contributed by atoms with Crippen molar-refractivity contribution in [3.8, 4) is 0 Å². The zero-order valence-corrected chi connectivity index (χ0v) is 29.0. The van der Waals surface area contributed by atoms with E-state index >= 15 is 0 Å². The van der Waals surface area contributed by atoms with Crippen LogP contribution in [0.15, 0.2) is 30.3 Å². The summed E-state index contributed by atoms with van der Waals surface area (Å²) >= 11 is 0. The van der Waals surface area contributed by atoms with Gasteiger partial charge < -0.3 is 0 Å². The van der Waals surface area contributed by atoms with E-state index in [1.54, 1.807) is 0 Å². The molecule has 0 N–H and O–H groups in total. The van der Waals surface area contributed by atoms with E-state index in [1.165, 1.54) is 192 Å². The molecule has 1 rings (SSSR count). The average Bonchev–Trinajstić information content (AvgIpc) is 2.97. The van der Waals surface area contributed by atoms with Gasteiger partial charge in [-0.25, -0.2) is 0 Å². The average molecular weight is 569 g/mol. The van der Waals surface area contributed by atoms with E-state index < -0.39 is 0 Å². The van der Waals surface area contributed by atoms with E-state index in [9.17, 15) is 0 Å². The highest BCUT2D eigenvalue weighted by Gasteiger charge is 2.28. The van der Waals surface area contributed by atoms with Crippen LogP contribution < -0.4 is 0 Å². The van der Waals surface area contributed by atoms with Crippen molar-refractivity contribution in [1.29, 1.82) is 0 Å². The molecule has 0 heterocycles. The molecule has 0 nitrogen and oxygen atoms in total. The lowest BCUT2D eigenvalue weighted by molar-refractivity contribution is 0.176. The molecule has 0 heteroatoms. The SMILES string of the molecule is CCCCCCCCCCCCCCCCC(CCCCCCCCCCCCCC)C(C)(C)Cc1ccccc1. The minimum atomic E-state index is 0.398. The van der Waals surface area contributed by atoms with Crippen LogP contribution in [0, 0.1) is 11.3 Å². The first-order chi connectivity index (χ1) is 20.1. The van der Waals surface area contributed by atoms with Gasteiger partial charge >= 0.3 is 0 Å². The van der Waals surface area contributed by atoms with E-state index in [1.807, 2.05) is 0 Å². The molecule has 0 amide bonds. The van der Waals surface area contributed by atoms with Gasteiger partial charge in [0.15, 0.2) is 0 Å². The van der Waals surface area contributed by atoms with Crippen molar-refractivity contribution in [3.63, 3.8) is 0 Å². The molecule has 240 valence electrons. The summed E-state index contributed by atoms with van der Waals surface area (Å²) in [5.74, 6) is 0.864. The summed E-state index contributed by atoms with van der Waals surface area (Å²) in [6.07, 6.45) is 41.9. The Labute approximate surface area is 260 Å². The molecule has 0 spiro atoms. The molecule has 0 radical (unpaired) electrons. The smallest absolute Gasteiger partial charge is 0.0225 e. The molecule has 0 aromatic heterocycles. The van der Waals surface area contributed by atoms with Gasteiger partial charge in [0.2, 0.25) is 0 Å². The fourth-order valence-electron chi connectivity index (χ4n) is 7.01. The van der Waals surface area contributed by atoms with Gasteiger partial charge in [0.05, 0.1) is 0 Å².